The lowest BCUT2D eigenvalue weighted by Crippen LogP contribution is -2.45. The Morgan fingerprint density at radius 2 is 2.00 bits per heavy atom. The van der Waals surface area contributed by atoms with Gasteiger partial charge in [0, 0.05) is 45.2 Å². The second kappa shape index (κ2) is 5.62. The number of hydrogen-bond acceptors (Lipinski definition) is 4. The zero-order valence-electron chi connectivity index (χ0n) is 12.8. The molecule has 1 fully saturated rings. The van der Waals surface area contributed by atoms with Crippen LogP contribution in [-0.4, -0.2) is 63.2 Å². The van der Waals surface area contributed by atoms with Gasteiger partial charge in [0.05, 0.1) is 12.8 Å². The molecule has 20 heavy (non-hydrogen) atoms. The third kappa shape index (κ3) is 2.50. The van der Waals surface area contributed by atoms with E-state index in [2.05, 4.69) is 41.2 Å². The largest absolute Gasteiger partial charge is 0.495 e. The zero-order chi connectivity index (χ0) is 14.1. The fourth-order valence-electron chi connectivity index (χ4n) is 3.41. The number of methoxy groups -OCH3 is 1. The van der Waals surface area contributed by atoms with Crippen LogP contribution in [0.5, 0.6) is 5.75 Å². The molecule has 2 aliphatic heterocycles. The van der Waals surface area contributed by atoms with Gasteiger partial charge in [0.2, 0.25) is 0 Å². The van der Waals surface area contributed by atoms with E-state index in [0.29, 0.717) is 5.92 Å². The molecule has 2 aliphatic rings. The first-order valence-electron chi connectivity index (χ1n) is 7.51. The summed E-state index contributed by atoms with van der Waals surface area (Å²) in [6, 6.07) is 4.25. The molecule has 1 aromatic rings. The van der Waals surface area contributed by atoms with Crippen LogP contribution >= 0.6 is 0 Å². The van der Waals surface area contributed by atoms with Crippen molar-refractivity contribution in [3.05, 3.63) is 23.3 Å². The van der Waals surface area contributed by atoms with Gasteiger partial charge < -0.3 is 19.9 Å². The van der Waals surface area contributed by atoms with E-state index in [9.17, 15) is 0 Å². The number of piperazine rings is 1. The van der Waals surface area contributed by atoms with E-state index >= 15 is 0 Å². The number of fused-ring (bicyclic) bond motifs is 1. The van der Waals surface area contributed by atoms with Crippen molar-refractivity contribution in [1.29, 1.82) is 0 Å². The Balaban J connectivity index is 1.76. The summed E-state index contributed by atoms with van der Waals surface area (Å²) in [7, 11) is 3.96. The number of hydrogen-bond donors (Lipinski definition) is 1. The molecular formula is C16H25N3O. The summed E-state index contributed by atoms with van der Waals surface area (Å²) in [5.41, 5.74) is 4.06. The quantitative estimate of drug-likeness (QED) is 0.910. The lowest BCUT2D eigenvalue weighted by Gasteiger charge is -2.34. The predicted molar refractivity (Wildman–Crippen MR) is 82.9 cm³/mol. The number of ether oxygens (including phenoxy) is 1. The summed E-state index contributed by atoms with van der Waals surface area (Å²) in [6.07, 6.45) is 0. The van der Waals surface area contributed by atoms with Crippen LogP contribution in [0.25, 0.3) is 0 Å². The van der Waals surface area contributed by atoms with Crippen molar-refractivity contribution in [2.24, 2.45) is 0 Å². The Labute approximate surface area is 121 Å². The van der Waals surface area contributed by atoms with Gasteiger partial charge in [-0.1, -0.05) is 6.07 Å². The maximum absolute atomic E-state index is 5.48. The van der Waals surface area contributed by atoms with Crippen LogP contribution < -0.4 is 10.1 Å². The maximum atomic E-state index is 5.48. The number of benzene rings is 1. The Morgan fingerprint density at radius 3 is 2.70 bits per heavy atom. The monoisotopic (exact) mass is 275 g/mol. The summed E-state index contributed by atoms with van der Waals surface area (Å²) in [5.74, 6) is 1.56. The molecular weight excluding hydrogens is 250 g/mol. The number of rotatable bonds is 3. The van der Waals surface area contributed by atoms with Gasteiger partial charge >= 0.3 is 0 Å². The van der Waals surface area contributed by atoms with Crippen LogP contribution in [0.1, 0.15) is 17.0 Å². The van der Waals surface area contributed by atoms with E-state index in [-0.39, 0.29) is 0 Å². The lowest BCUT2D eigenvalue weighted by atomic mass is 9.95. The first-order chi connectivity index (χ1) is 9.69. The summed E-state index contributed by atoms with van der Waals surface area (Å²) in [5, 5.41) is 3.55. The van der Waals surface area contributed by atoms with Crippen LogP contribution in [0.2, 0.25) is 0 Å². The third-order valence-corrected chi connectivity index (χ3v) is 4.65. The maximum Gasteiger partial charge on any atom is 0.142 e. The van der Waals surface area contributed by atoms with Gasteiger partial charge in [-0.05, 0) is 31.2 Å². The van der Waals surface area contributed by atoms with E-state index in [0.717, 1.165) is 18.8 Å². The van der Waals surface area contributed by atoms with Crippen molar-refractivity contribution in [2.75, 3.05) is 58.7 Å². The number of aryl methyl sites for hydroxylation is 1. The number of anilines is 1. The van der Waals surface area contributed by atoms with E-state index in [1.165, 1.54) is 43.0 Å². The lowest BCUT2D eigenvalue weighted by molar-refractivity contribution is 0.149. The van der Waals surface area contributed by atoms with E-state index < -0.39 is 0 Å². The molecule has 2 heterocycles. The molecule has 4 heteroatoms. The summed E-state index contributed by atoms with van der Waals surface area (Å²) in [6.45, 7) is 9.14. The molecule has 1 aromatic carbocycles. The molecule has 0 spiro atoms. The summed E-state index contributed by atoms with van der Waals surface area (Å²) < 4.78 is 5.48. The molecule has 3 rings (SSSR count). The molecule has 1 atom stereocenters. The SMILES string of the molecule is COc1ccc(C)c2c1NCC2CN1CCN(C)CC1. The average molecular weight is 275 g/mol. The number of likely N-dealkylation sites (N-methyl/N-ethyl adjacent to an activating group) is 1. The second-order valence-electron chi connectivity index (χ2n) is 6.06. The van der Waals surface area contributed by atoms with Crippen LogP contribution in [0, 0.1) is 6.92 Å². The van der Waals surface area contributed by atoms with E-state index in [1.54, 1.807) is 7.11 Å². The Morgan fingerprint density at radius 1 is 1.25 bits per heavy atom. The highest BCUT2D eigenvalue weighted by Gasteiger charge is 2.29. The molecule has 4 nitrogen and oxygen atoms in total. The van der Waals surface area contributed by atoms with Crippen LogP contribution in [-0.2, 0) is 0 Å². The molecule has 0 amide bonds. The predicted octanol–water partition coefficient (Wildman–Crippen LogP) is 1.76. The highest BCUT2D eigenvalue weighted by molar-refractivity contribution is 5.69. The zero-order valence-corrected chi connectivity index (χ0v) is 12.8. The van der Waals surface area contributed by atoms with Crippen LogP contribution in [0.15, 0.2) is 12.1 Å². The van der Waals surface area contributed by atoms with Crippen molar-refractivity contribution < 1.29 is 4.74 Å². The van der Waals surface area contributed by atoms with Crippen molar-refractivity contribution in [3.8, 4) is 5.75 Å². The van der Waals surface area contributed by atoms with E-state index in [4.69, 9.17) is 4.74 Å². The number of nitrogens with zero attached hydrogens (tertiary/aromatic N) is 2. The fraction of sp³-hybridized carbons (Fsp3) is 0.625. The van der Waals surface area contributed by atoms with Gasteiger partial charge in [0.25, 0.3) is 0 Å². The first kappa shape index (κ1) is 13.7. The van der Waals surface area contributed by atoms with Gasteiger partial charge in [-0.3, -0.25) is 0 Å². The highest BCUT2D eigenvalue weighted by atomic mass is 16.5. The molecule has 1 unspecified atom stereocenters. The molecule has 0 aromatic heterocycles. The fourth-order valence-corrected chi connectivity index (χ4v) is 3.41. The molecule has 1 saturated heterocycles. The summed E-state index contributed by atoms with van der Waals surface area (Å²) >= 11 is 0. The molecule has 0 saturated carbocycles. The highest BCUT2D eigenvalue weighted by Crippen LogP contribution is 2.41. The van der Waals surface area contributed by atoms with Crippen LogP contribution in [0.4, 0.5) is 5.69 Å². The van der Waals surface area contributed by atoms with Crippen molar-refractivity contribution >= 4 is 5.69 Å². The second-order valence-corrected chi connectivity index (χ2v) is 6.06. The van der Waals surface area contributed by atoms with Gasteiger partial charge in [-0.15, -0.1) is 0 Å². The van der Waals surface area contributed by atoms with E-state index in [1.807, 2.05) is 0 Å². The Hall–Kier alpha value is -1.26. The standard InChI is InChI=1S/C16H25N3O/c1-12-4-5-14(20-3)16-15(12)13(10-17-16)11-19-8-6-18(2)7-9-19/h4-5,13,17H,6-11H2,1-3H3. The van der Waals surface area contributed by atoms with Crippen molar-refractivity contribution in [2.45, 2.75) is 12.8 Å². The average Bonchev–Trinajstić information content (AvgIpc) is 2.87. The number of nitrogens with one attached hydrogen (secondary N) is 1. The molecule has 110 valence electrons. The van der Waals surface area contributed by atoms with Crippen molar-refractivity contribution in [3.63, 3.8) is 0 Å². The third-order valence-electron chi connectivity index (χ3n) is 4.65. The minimum Gasteiger partial charge on any atom is -0.495 e. The van der Waals surface area contributed by atoms with Gasteiger partial charge in [-0.25, -0.2) is 0 Å². The van der Waals surface area contributed by atoms with Gasteiger partial charge in [-0.2, -0.15) is 0 Å². The molecule has 0 aliphatic carbocycles. The molecule has 1 N–H and O–H groups in total. The van der Waals surface area contributed by atoms with Gasteiger partial charge in [0.15, 0.2) is 0 Å². The smallest absolute Gasteiger partial charge is 0.142 e. The summed E-state index contributed by atoms with van der Waals surface area (Å²) in [4.78, 5) is 5.01. The van der Waals surface area contributed by atoms with Gasteiger partial charge in [0.1, 0.15) is 5.75 Å². The molecule has 0 bridgehead atoms. The topological polar surface area (TPSA) is 27.7 Å². The minimum absolute atomic E-state index is 0.587. The molecule has 0 radical (unpaired) electrons. The Kier molecular flexibility index (Phi) is 3.85. The minimum atomic E-state index is 0.587. The van der Waals surface area contributed by atoms with Crippen LogP contribution in [0.3, 0.4) is 0 Å². The Bertz CT molecular complexity index is 481. The normalized spacial score (nSPS) is 23.4. The first-order valence-corrected chi connectivity index (χ1v) is 7.51. The van der Waals surface area contributed by atoms with Crippen molar-refractivity contribution in [1.82, 2.24) is 9.80 Å².